The van der Waals surface area contributed by atoms with Gasteiger partial charge in [0.05, 0.1) is 24.7 Å². The van der Waals surface area contributed by atoms with Crippen molar-refractivity contribution in [2.75, 3.05) is 7.11 Å². The lowest BCUT2D eigenvalue weighted by Gasteiger charge is -2.36. The van der Waals surface area contributed by atoms with Crippen LogP contribution in [0.5, 0.6) is 0 Å². The number of benzene rings is 3. The van der Waals surface area contributed by atoms with Crippen molar-refractivity contribution in [2.24, 2.45) is 5.73 Å². The summed E-state index contributed by atoms with van der Waals surface area (Å²) in [6.07, 6.45) is -3.08. The zero-order valence-electron chi connectivity index (χ0n) is 23.9. The highest BCUT2D eigenvalue weighted by Crippen LogP contribution is 2.37. The smallest absolute Gasteiger partial charge is 0.336 e. The van der Waals surface area contributed by atoms with E-state index >= 15 is 4.39 Å². The van der Waals surface area contributed by atoms with Crippen LogP contribution in [0.15, 0.2) is 65.6 Å². The van der Waals surface area contributed by atoms with E-state index < -0.39 is 52.0 Å². The Labute approximate surface area is 250 Å². The van der Waals surface area contributed by atoms with Crippen molar-refractivity contribution < 1.29 is 37.0 Å². The number of halogens is 2. The van der Waals surface area contributed by atoms with Crippen molar-refractivity contribution in [3.63, 3.8) is 0 Å². The zero-order chi connectivity index (χ0) is 31.4. The number of esters is 1. The first-order chi connectivity index (χ1) is 19.7. The van der Waals surface area contributed by atoms with E-state index in [0.29, 0.717) is 15.4 Å². The van der Waals surface area contributed by atoms with E-state index in [1.807, 2.05) is 30.3 Å². The largest absolute Gasteiger partial charge is 0.479 e. The highest BCUT2D eigenvalue weighted by atomic mass is 35.5. The maximum Gasteiger partial charge on any atom is 0.336 e. The number of nitrogens with two attached hydrogens (primary N) is 1. The molecule has 0 saturated heterocycles. The number of ether oxygens (including phenoxy) is 2. The van der Waals surface area contributed by atoms with E-state index in [4.69, 9.17) is 26.8 Å². The van der Waals surface area contributed by atoms with Crippen molar-refractivity contribution in [3.8, 4) is 0 Å². The third-order valence-corrected chi connectivity index (χ3v) is 9.39. The summed E-state index contributed by atoms with van der Waals surface area (Å²) >= 11 is 6.24. The average molecular weight is 621 g/mol. The molecule has 0 aromatic heterocycles. The van der Waals surface area contributed by atoms with E-state index in [9.17, 15) is 23.1 Å². The molecular formula is C30H34ClFN2O7S. The van der Waals surface area contributed by atoms with Crippen LogP contribution in [0.4, 0.5) is 4.39 Å². The third-order valence-electron chi connectivity index (χ3n) is 7.21. The van der Waals surface area contributed by atoms with Crippen LogP contribution in [0.2, 0.25) is 5.02 Å². The molecule has 0 aliphatic heterocycles. The highest BCUT2D eigenvalue weighted by molar-refractivity contribution is 7.89. The highest BCUT2D eigenvalue weighted by Gasteiger charge is 2.47. The maximum atomic E-state index is 15.2. The van der Waals surface area contributed by atoms with Gasteiger partial charge in [0.25, 0.3) is 0 Å². The minimum Gasteiger partial charge on any atom is -0.479 e. The molecule has 3 N–H and O–H groups in total. The summed E-state index contributed by atoms with van der Waals surface area (Å²) in [5.74, 6) is -4.76. The first-order valence-electron chi connectivity index (χ1n) is 13.0. The summed E-state index contributed by atoms with van der Waals surface area (Å²) in [5.41, 5.74) is 8.09. The molecule has 0 amide bonds. The molecular weight excluding hydrogens is 587 g/mol. The SMILES string of the molecule is COC(=O)[C@H](C(C)c1c(F)ccc(C)c1C)N(C(N)C(=O)O)S(=O)(=O)c1ccc(Cl)cc1C(C)OCc1ccccc1. The second-order valence-corrected chi connectivity index (χ2v) is 12.1. The van der Waals surface area contributed by atoms with Gasteiger partial charge in [0.15, 0.2) is 6.17 Å². The van der Waals surface area contributed by atoms with Crippen molar-refractivity contribution in [1.29, 1.82) is 0 Å². The van der Waals surface area contributed by atoms with Crippen LogP contribution < -0.4 is 5.73 Å². The van der Waals surface area contributed by atoms with Gasteiger partial charge in [0.2, 0.25) is 10.0 Å². The van der Waals surface area contributed by atoms with Crippen molar-refractivity contribution >= 4 is 33.6 Å². The number of carboxylic acids is 1. The second kappa shape index (κ2) is 13.7. The van der Waals surface area contributed by atoms with Gasteiger partial charge >= 0.3 is 11.9 Å². The molecule has 226 valence electrons. The molecule has 3 aromatic rings. The first-order valence-corrected chi connectivity index (χ1v) is 14.8. The number of rotatable bonds is 12. The van der Waals surface area contributed by atoms with Crippen molar-refractivity contribution in [1.82, 2.24) is 4.31 Å². The lowest BCUT2D eigenvalue weighted by atomic mass is 9.87. The molecule has 0 spiro atoms. The number of nitrogens with zero attached hydrogens (tertiary/aromatic N) is 1. The van der Waals surface area contributed by atoms with Crippen LogP contribution in [-0.4, -0.2) is 49.1 Å². The maximum absolute atomic E-state index is 15.2. The van der Waals surface area contributed by atoms with E-state index in [0.717, 1.165) is 12.7 Å². The second-order valence-electron chi connectivity index (χ2n) is 9.90. The van der Waals surface area contributed by atoms with Gasteiger partial charge in [-0.3, -0.25) is 4.79 Å². The van der Waals surface area contributed by atoms with Gasteiger partial charge in [0.1, 0.15) is 11.9 Å². The Morgan fingerprint density at radius 1 is 1.07 bits per heavy atom. The molecule has 3 aromatic carbocycles. The van der Waals surface area contributed by atoms with Gasteiger partial charge in [-0.05, 0) is 67.3 Å². The number of carboxylic acid groups (broad SMARTS) is 1. The number of aryl methyl sites for hydroxylation is 1. The molecule has 0 aliphatic carbocycles. The standard InChI is InChI=1S/C30H34ClFN2O7S/c1-17-11-13-24(32)26(18(17)2)19(3)27(30(37)40-5)34(28(33)29(35)36)42(38,39)25-14-12-22(31)15-23(25)20(4)41-16-21-9-7-6-8-10-21/h6-15,19-20,27-28H,16,33H2,1-5H3,(H,35,36)/t19?,20?,27-,28?/m0/s1. The number of hydrogen-bond donors (Lipinski definition) is 2. The molecule has 9 nitrogen and oxygen atoms in total. The molecule has 0 fully saturated rings. The lowest BCUT2D eigenvalue weighted by Crippen LogP contribution is -2.59. The van der Waals surface area contributed by atoms with Gasteiger partial charge in [0, 0.05) is 16.5 Å². The Kier molecular flexibility index (Phi) is 10.9. The van der Waals surface area contributed by atoms with Gasteiger partial charge < -0.3 is 20.3 Å². The van der Waals surface area contributed by atoms with Gasteiger partial charge in [-0.2, -0.15) is 4.31 Å². The van der Waals surface area contributed by atoms with Crippen LogP contribution in [0.3, 0.4) is 0 Å². The number of carbonyl (C=O) groups excluding carboxylic acids is 1. The normalized spacial score (nSPS) is 14.7. The summed E-state index contributed by atoms with van der Waals surface area (Å²) in [6.45, 7) is 6.52. The third kappa shape index (κ3) is 6.99. The van der Waals surface area contributed by atoms with Gasteiger partial charge in [-0.25, -0.2) is 17.6 Å². The monoisotopic (exact) mass is 620 g/mol. The summed E-state index contributed by atoms with van der Waals surface area (Å²) in [5, 5.41) is 10.1. The number of methoxy groups -OCH3 is 1. The van der Waals surface area contributed by atoms with Crippen LogP contribution >= 0.6 is 11.6 Å². The Balaban J connectivity index is 2.20. The Hall–Kier alpha value is -3.35. The molecule has 3 unspecified atom stereocenters. The number of hydrogen-bond acceptors (Lipinski definition) is 7. The Morgan fingerprint density at radius 3 is 2.31 bits per heavy atom. The topological polar surface area (TPSA) is 136 Å². The minimum absolute atomic E-state index is 0.0269. The van der Waals surface area contributed by atoms with Crippen LogP contribution in [-0.2, 0) is 35.7 Å². The molecule has 0 radical (unpaired) electrons. The molecule has 0 heterocycles. The molecule has 42 heavy (non-hydrogen) atoms. The van der Waals surface area contributed by atoms with Crippen LogP contribution in [0.25, 0.3) is 0 Å². The molecule has 0 aliphatic rings. The summed E-state index contributed by atoms with van der Waals surface area (Å²) in [4.78, 5) is 25.1. The van der Waals surface area contributed by atoms with Crippen molar-refractivity contribution in [2.45, 2.75) is 63.4 Å². The van der Waals surface area contributed by atoms with Gasteiger partial charge in [-0.1, -0.05) is 54.9 Å². The summed E-state index contributed by atoms with van der Waals surface area (Å²) < 4.78 is 55.3. The predicted octanol–water partition coefficient (Wildman–Crippen LogP) is 5.08. The lowest BCUT2D eigenvalue weighted by molar-refractivity contribution is -0.149. The van der Waals surface area contributed by atoms with Gasteiger partial charge in [-0.15, -0.1) is 0 Å². The van der Waals surface area contributed by atoms with E-state index in [-0.39, 0.29) is 27.7 Å². The fourth-order valence-corrected chi connectivity index (χ4v) is 6.95. The average Bonchev–Trinajstić information content (AvgIpc) is 2.96. The van der Waals surface area contributed by atoms with E-state index in [1.54, 1.807) is 26.8 Å². The first kappa shape index (κ1) is 33.2. The summed E-state index contributed by atoms with van der Waals surface area (Å²) in [7, 11) is -3.88. The van der Waals surface area contributed by atoms with Crippen LogP contribution in [0.1, 0.15) is 53.7 Å². The fraction of sp³-hybridized carbons (Fsp3) is 0.333. The molecule has 3 rings (SSSR count). The van der Waals surface area contributed by atoms with Crippen molar-refractivity contribution in [3.05, 3.63) is 99.3 Å². The fourth-order valence-electron chi connectivity index (χ4n) is 4.82. The molecule has 0 bridgehead atoms. The minimum atomic E-state index is -4.90. The predicted molar refractivity (Wildman–Crippen MR) is 156 cm³/mol. The van der Waals surface area contributed by atoms with E-state index in [1.165, 1.54) is 31.2 Å². The Morgan fingerprint density at radius 2 is 1.71 bits per heavy atom. The summed E-state index contributed by atoms with van der Waals surface area (Å²) in [6, 6.07) is 14.0. The molecule has 4 atom stereocenters. The number of aliphatic carboxylic acids is 1. The number of sulfonamides is 1. The van der Waals surface area contributed by atoms with Crippen LogP contribution in [0, 0.1) is 19.7 Å². The number of carbonyl (C=O) groups is 2. The zero-order valence-corrected chi connectivity index (χ0v) is 25.4. The quantitative estimate of drug-likeness (QED) is 0.211. The molecule has 0 saturated carbocycles. The molecule has 12 heteroatoms. The Bertz CT molecular complexity index is 1550. The van der Waals surface area contributed by atoms with E-state index in [2.05, 4.69) is 0 Å².